The van der Waals surface area contributed by atoms with Gasteiger partial charge < -0.3 is 14.4 Å². The standard InChI is InChI=1S/C34H67O8P/c1-3-5-7-9-11-13-15-17-21-27-33(35)39-29-23-19-25-31-41-43(37,38)42-32-26-20-24-30-40-34(36)28-22-18-16-14-12-10-8-6-4-2/h3-32H2,1-2H3,(H,37,38). The van der Waals surface area contributed by atoms with Gasteiger partial charge in [0.15, 0.2) is 0 Å². The van der Waals surface area contributed by atoms with Crippen LogP contribution >= 0.6 is 7.82 Å². The fourth-order valence-electron chi connectivity index (χ4n) is 4.84. The van der Waals surface area contributed by atoms with E-state index in [1.165, 1.54) is 89.9 Å². The van der Waals surface area contributed by atoms with Gasteiger partial charge in [-0.15, -0.1) is 0 Å². The number of hydrogen-bond acceptors (Lipinski definition) is 7. The molecule has 1 N–H and O–H groups in total. The molecule has 0 aromatic carbocycles. The molecule has 0 unspecified atom stereocenters. The van der Waals surface area contributed by atoms with Gasteiger partial charge in [0, 0.05) is 12.8 Å². The summed E-state index contributed by atoms with van der Waals surface area (Å²) in [7, 11) is -4.06. The molecule has 0 radical (unpaired) electrons. The van der Waals surface area contributed by atoms with Crippen LogP contribution in [-0.4, -0.2) is 43.3 Å². The lowest BCUT2D eigenvalue weighted by Crippen LogP contribution is -2.06. The van der Waals surface area contributed by atoms with E-state index >= 15 is 0 Å². The molecule has 0 saturated heterocycles. The second kappa shape index (κ2) is 32.4. The van der Waals surface area contributed by atoms with Crippen LogP contribution < -0.4 is 0 Å². The van der Waals surface area contributed by atoms with Gasteiger partial charge in [-0.05, 0) is 51.4 Å². The van der Waals surface area contributed by atoms with Gasteiger partial charge >= 0.3 is 19.8 Å². The second-order valence-electron chi connectivity index (χ2n) is 11.9. The predicted molar refractivity (Wildman–Crippen MR) is 175 cm³/mol. The number of carbonyl (C=O) groups is 2. The molecule has 0 aliphatic rings. The third-order valence-corrected chi connectivity index (χ3v) is 8.60. The van der Waals surface area contributed by atoms with Gasteiger partial charge in [-0.2, -0.15) is 0 Å². The molecule has 0 bridgehead atoms. The van der Waals surface area contributed by atoms with Crippen molar-refractivity contribution in [3.05, 3.63) is 0 Å². The summed E-state index contributed by atoms with van der Waals surface area (Å²) in [6.45, 7) is 5.45. The highest BCUT2D eigenvalue weighted by molar-refractivity contribution is 7.47. The van der Waals surface area contributed by atoms with Crippen molar-refractivity contribution in [3.63, 3.8) is 0 Å². The van der Waals surface area contributed by atoms with E-state index in [2.05, 4.69) is 13.8 Å². The van der Waals surface area contributed by atoms with Gasteiger partial charge in [0.2, 0.25) is 0 Å². The summed E-state index contributed by atoms with van der Waals surface area (Å²) in [5, 5.41) is 0. The predicted octanol–water partition coefficient (Wildman–Crippen LogP) is 10.4. The smallest absolute Gasteiger partial charge is 0.466 e. The van der Waals surface area contributed by atoms with Crippen LogP contribution in [-0.2, 0) is 32.7 Å². The van der Waals surface area contributed by atoms with Crippen molar-refractivity contribution in [1.29, 1.82) is 0 Å². The van der Waals surface area contributed by atoms with E-state index in [1.807, 2.05) is 0 Å². The molecular weight excluding hydrogens is 567 g/mol. The minimum Gasteiger partial charge on any atom is -0.466 e. The van der Waals surface area contributed by atoms with E-state index in [1.54, 1.807) is 0 Å². The minimum absolute atomic E-state index is 0.120. The Kier molecular flexibility index (Phi) is 31.7. The summed E-state index contributed by atoms with van der Waals surface area (Å²) in [5.74, 6) is -0.278. The first kappa shape index (κ1) is 42.0. The van der Waals surface area contributed by atoms with E-state index in [0.29, 0.717) is 51.7 Å². The number of phosphoric acid groups is 1. The first-order valence-corrected chi connectivity index (χ1v) is 19.3. The van der Waals surface area contributed by atoms with Crippen LogP contribution in [0.15, 0.2) is 0 Å². The maximum Gasteiger partial charge on any atom is 0.472 e. The summed E-state index contributed by atoms with van der Waals surface area (Å²) in [4.78, 5) is 33.5. The maximum absolute atomic E-state index is 12.0. The van der Waals surface area contributed by atoms with Gasteiger partial charge in [-0.1, -0.05) is 117 Å². The topological polar surface area (TPSA) is 108 Å². The van der Waals surface area contributed by atoms with Crippen molar-refractivity contribution < 1.29 is 37.6 Å². The Morgan fingerprint density at radius 1 is 0.442 bits per heavy atom. The lowest BCUT2D eigenvalue weighted by Gasteiger charge is -2.12. The van der Waals surface area contributed by atoms with Crippen LogP contribution in [0.1, 0.15) is 181 Å². The van der Waals surface area contributed by atoms with Crippen molar-refractivity contribution in [2.24, 2.45) is 0 Å². The number of carbonyl (C=O) groups excluding carboxylic acids is 2. The van der Waals surface area contributed by atoms with Gasteiger partial charge in [0.05, 0.1) is 26.4 Å². The van der Waals surface area contributed by atoms with E-state index < -0.39 is 7.82 Å². The van der Waals surface area contributed by atoms with E-state index in [-0.39, 0.29) is 25.2 Å². The van der Waals surface area contributed by atoms with Crippen LogP contribution in [0.25, 0.3) is 0 Å². The molecule has 0 saturated carbocycles. The highest BCUT2D eigenvalue weighted by Gasteiger charge is 2.20. The van der Waals surface area contributed by atoms with Crippen molar-refractivity contribution in [2.75, 3.05) is 26.4 Å². The first-order valence-electron chi connectivity index (χ1n) is 17.8. The average Bonchev–Trinajstić information content (AvgIpc) is 2.98. The fourth-order valence-corrected chi connectivity index (χ4v) is 5.63. The van der Waals surface area contributed by atoms with Crippen molar-refractivity contribution in [1.82, 2.24) is 0 Å². The zero-order chi connectivity index (χ0) is 31.7. The Labute approximate surface area is 264 Å². The molecule has 9 heteroatoms. The molecule has 256 valence electrons. The molecule has 0 spiro atoms. The van der Waals surface area contributed by atoms with Crippen molar-refractivity contribution in [3.8, 4) is 0 Å². The molecule has 0 heterocycles. The number of esters is 2. The van der Waals surface area contributed by atoms with Crippen molar-refractivity contribution in [2.45, 2.75) is 181 Å². The molecule has 0 atom stereocenters. The summed E-state index contributed by atoms with van der Waals surface area (Å²) < 4.78 is 32.6. The third kappa shape index (κ3) is 33.8. The van der Waals surface area contributed by atoms with Crippen LogP contribution in [0.5, 0.6) is 0 Å². The Balaban J connectivity index is 3.46. The first-order chi connectivity index (χ1) is 20.9. The third-order valence-electron chi connectivity index (χ3n) is 7.58. The monoisotopic (exact) mass is 634 g/mol. The normalized spacial score (nSPS) is 11.6. The lowest BCUT2D eigenvalue weighted by atomic mass is 10.1. The fraction of sp³-hybridized carbons (Fsp3) is 0.941. The molecule has 0 fully saturated rings. The van der Waals surface area contributed by atoms with E-state index in [9.17, 15) is 19.0 Å². The molecule has 0 rings (SSSR count). The SMILES string of the molecule is CCCCCCCCCCCC(=O)OCCCCCOP(=O)(O)OCCCCCOC(=O)CCCCCCCCCCC. The lowest BCUT2D eigenvalue weighted by molar-refractivity contribution is -0.144. The van der Waals surface area contributed by atoms with Gasteiger partial charge in [0.25, 0.3) is 0 Å². The molecule has 0 aromatic heterocycles. The highest BCUT2D eigenvalue weighted by atomic mass is 31.2. The Hall–Kier alpha value is -0.950. The Morgan fingerprint density at radius 2 is 0.721 bits per heavy atom. The summed E-state index contributed by atoms with van der Waals surface area (Å²) >= 11 is 0. The summed E-state index contributed by atoms with van der Waals surface area (Å²) in [6, 6.07) is 0. The summed E-state index contributed by atoms with van der Waals surface area (Å²) in [6.07, 6.45) is 27.0. The van der Waals surface area contributed by atoms with Crippen molar-refractivity contribution >= 4 is 19.8 Å². The number of phosphoric ester groups is 1. The Morgan fingerprint density at radius 3 is 1.07 bits per heavy atom. The van der Waals surface area contributed by atoms with Gasteiger partial charge in [-0.25, -0.2) is 4.57 Å². The highest BCUT2D eigenvalue weighted by Crippen LogP contribution is 2.43. The molecule has 8 nitrogen and oxygen atoms in total. The van der Waals surface area contributed by atoms with Crippen LogP contribution in [0.2, 0.25) is 0 Å². The number of rotatable bonds is 34. The van der Waals surface area contributed by atoms with E-state index in [4.69, 9.17) is 18.5 Å². The largest absolute Gasteiger partial charge is 0.472 e. The quantitative estimate of drug-likeness (QED) is 0.0423. The number of unbranched alkanes of at least 4 members (excludes halogenated alkanes) is 20. The van der Waals surface area contributed by atoms with Crippen LogP contribution in [0, 0.1) is 0 Å². The molecule has 0 aliphatic heterocycles. The zero-order valence-corrected chi connectivity index (χ0v) is 28.9. The second-order valence-corrected chi connectivity index (χ2v) is 13.3. The molecule has 0 aromatic rings. The van der Waals surface area contributed by atoms with Crippen LogP contribution in [0.3, 0.4) is 0 Å². The molecule has 0 amide bonds. The zero-order valence-electron chi connectivity index (χ0n) is 28.0. The maximum atomic E-state index is 12.0. The van der Waals surface area contributed by atoms with Gasteiger partial charge in [0.1, 0.15) is 0 Å². The summed E-state index contributed by atoms with van der Waals surface area (Å²) in [5.41, 5.74) is 0. The molecule has 0 aliphatic carbocycles. The molecule has 43 heavy (non-hydrogen) atoms. The minimum atomic E-state index is -4.06. The molecular formula is C34H67O8P. The Bertz CT molecular complexity index is 621. The number of ether oxygens (including phenoxy) is 2. The average molecular weight is 635 g/mol. The van der Waals surface area contributed by atoms with Gasteiger partial charge in [-0.3, -0.25) is 18.6 Å². The number of hydrogen-bond donors (Lipinski definition) is 1. The van der Waals surface area contributed by atoms with Crippen LogP contribution in [0.4, 0.5) is 0 Å². The van der Waals surface area contributed by atoms with E-state index in [0.717, 1.165) is 38.5 Å².